The van der Waals surface area contributed by atoms with Crippen LogP contribution >= 0.6 is 0 Å². The van der Waals surface area contributed by atoms with Gasteiger partial charge in [-0.1, -0.05) is 12.1 Å². The van der Waals surface area contributed by atoms with Gasteiger partial charge in [-0.25, -0.2) is 9.18 Å². The second-order valence-electron chi connectivity index (χ2n) is 11.2. The molecule has 3 amide bonds. The predicted octanol–water partition coefficient (Wildman–Crippen LogP) is 3.36. The number of pyridine rings is 1. The van der Waals surface area contributed by atoms with Gasteiger partial charge in [0.2, 0.25) is 5.91 Å². The van der Waals surface area contributed by atoms with Crippen molar-refractivity contribution in [3.05, 3.63) is 71.9 Å². The molecule has 1 saturated heterocycles. The number of rotatable bonds is 12. The summed E-state index contributed by atoms with van der Waals surface area (Å²) in [4.78, 5) is 44.9. The fraction of sp³-hybridized carbons (Fsp3) is 0.433. The van der Waals surface area contributed by atoms with E-state index in [1.54, 1.807) is 61.1 Å². The monoisotopic (exact) mass is 579 g/mol. The minimum absolute atomic E-state index is 0.00240. The standard InChI is InChI=1S/C30H38FN7O4/c1-30(2,3)42-29(41)32-12-5-14-37-15-11-23(28(37)40)18-34-27(39)22-8-9-26(33-17-22)24-19-36-38(20-24)35-13-10-21-6-4-7-25(31)16-21/h4,6-9,16-17,19-20,23,35H,5,10-15,18H2,1-3H3,(H,32,41)(H,34,39). The number of hydrogen-bond donors (Lipinski definition) is 3. The highest BCUT2D eigenvalue weighted by Gasteiger charge is 2.31. The van der Waals surface area contributed by atoms with Crippen LogP contribution in [0.5, 0.6) is 0 Å². The summed E-state index contributed by atoms with van der Waals surface area (Å²) in [5.41, 5.74) is 5.32. The number of amides is 3. The number of nitrogens with one attached hydrogen (secondary N) is 3. The molecule has 1 atom stereocenters. The Balaban J connectivity index is 1.17. The number of hydrogen-bond acceptors (Lipinski definition) is 7. The first-order chi connectivity index (χ1) is 20.1. The largest absolute Gasteiger partial charge is 0.444 e. The van der Waals surface area contributed by atoms with Gasteiger partial charge in [0, 0.05) is 44.5 Å². The van der Waals surface area contributed by atoms with Gasteiger partial charge >= 0.3 is 6.09 Å². The molecule has 3 heterocycles. The van der Waals surface area contributed by atoms with E-state index >= 15 is 0 Å². The van der Waals surface area contributed by atoms with E-state index in [1.165, 1.54) is 18.3 Å². The van der Waals surface area contributed by atoms with Crippen LogP contribution in [0, 0.1) is 11.7 Å². The van der Waals surface area contributed by atoms with Crippen LogP contribution in [0.1, 0.15) is 49.5 Å². The number of carbonyl (C=O) groups is 3. The SMILES string of the molecule is CC(C)(C)OC(=O)NCCCN1CCC(CNC(=O)c2ccc(-c3cnn(NCCc4cccc(F)c4)c3)nc2)C1=O. The van der Waals surface area contributed by atoms with Crippen molar-refractivity contribution >= 4 is 17.9 Å². The van der Waals surface area contributed by atoms with Crippen LogP contribution in [0.25, 0.3) is 11.3 Å². The normalized spacial score (nSPS) is 15.0. The second-order valence-corrected chi connectivity index (χ2v) is 11.2. The molecule has 3 N–H and O–H groups in total. The van der Waals surface area contributed by atoms with Gasteiger partial charge in [0.1, 0.15) is 11.4 Å². The zero-order chi connectivity index (χ0) is 30.1. The molecular formula is C30H38FN7O4. The summed E-state index contributed by atoms with van der Waals surface area (Å²) in [5, 5.41) is 9.83. The van der Waals surface area contributed by atoms with Crippen molar-refractivity contribution in [1.82, 2.24) is 30.4 Å². The van der Waals surface area contributed by atoms with Gasteiger partial charge in [0.05, 0.1) is 29.6 Å². The maximum absolute atomic E-state index is 13.3. The van der Waals surface area contributed by atoms with Crippen molar-refractivity contribution in [2.75, 3.05) is 38.1 Å². The highest BCUT2D eigenvalue weighted by atomic mass is 19.1. The van der Waals surface area contributed by atoms with E-state index in [9.17, 15) is 18.8 Å². The third-order valence-corrected chi connectivity index (χ3v) is 6.67. The molecule has 0 radical (unpaired) electrons. The number of halogens is 1. The molecule has 224 valence electrons. The molecule has 42 heavy (non-hydrogen) atoms. The molecule has 3 aromatic rings. The number of nitrogens with zero attached hydrogens (tertiary/aromatic N) is 4. The summed E-state index contributed by atoms with van der Waals surface area (Å²) < 4.78 is 18.5. The molecule has 0 spiro atoms. The van der Waals surface area contributed by atoms with E-state index in [2.05, 4.69) is 26.1 Å². The van der Waals surface area contributed by atoms with Crippen molar-refractivity contribution in [2.24, 2.45) is 5.92 Å². The Morgan fingerprint density at radius 3 is 2.69 bits per heavy atom. The number of aromatic nitrogens is 3. The molecule has 4 rings (SSSR count). The van der Waals surface area contributed by atoms with E-state index in [0.29, 0.717) is 56.7 Å². The quantitative estimate of drug-likeness (QED) is 0.281. The van der Waals surface area contributed by atoms with Gasteiger partial charge in [0.15, 0.2) is 0 Å². The highest BCUT2D eigenvalue weighted by molar-refractivity contribution is 5.94. The Hall–Kier alpha value is -4.48. The summed E-state index contributed by atoms with van der Waals surface area (Å²) in [6, 6.07) is 9.92. The van der Waals surface area contributed by atoms with Crippen LogP contribution in [-0.4, -0.2) is 76.0 Å². The number of likely N-dealkylation sites (tertiary alicyclic amines) is 1. The second kappa shape index (κ2) is 13.9. The topological polar surface area (TPSA) is 130 Å². The van der Waals surface area contributed by atoms with Gasteiger partial charge in [0.25, 0.3) is 5.91 Å². The molecule has 12 heteroatoms. The van der Waals surface area contributed by atoms with Crippen LogP contribution in [-0.2, 0) is 16.0 Å². The molecule has 0 aliphatic carbocycles. The van der Waals surface area contributed by atoms with Crippen molar-refractivity contribution in [3.8, 4) is 11.3 Å². The lowest BCUT2D eigenvalue weighted by atomic mass is 10.1. The minimum Gasteiger partial charge on any atom is -0.444 e. The molecule has 0 bridgehead atoms. The number of carbonyl (C=O) groups excluding carboxylic acids is 3. The average molecular weight is 580 g/mol. The predicted molar refractivity (Wildman–Crippen MR) is 156 cm³/mol. The number of ether oxygens (including phenoxy) is 1. The first-order valence-corrected chi connectivity index (χ1v) is 14.1. The van der Waals surface area contributed by atoms with E-state index in [0.717, 1.165) is 11.1 Å². The molecule has 1 aliphatic heterocycles. The first-order valence-electron chi connectivity index (χ1n) is 14.1. The minimum atomic E-state index is -0.555. The highest BCUT2D eigenvalue weighted by Crippen LogP contribution is 2.19. The summed E-state index contributed by atoms with van der Waals surface area (Å²) in [5.74, 6) is -0.827. The molecule has 1 unspecified atom stereocenters. The maximum atomic E-state index is 13.3. The van der Waals surface area contributed by atoms with Gasteiger partial charge in [-0.2, -0.15) is 9.89 Å². The summed E-state index contributed by atoms with van der Waals surface area (Å²) in [6.45, 7) is 7.79. The summed E-state index contributed by atoms with van der Waals surface area (Å²) >= 11 is 0. The van der Waals surface area contributed by atoms with E-state index in [-0.39, 0.29) is 30.1 Å². The Morgan fingerprint density at radius 1 is 1.12 bits per heavy atom. The summed E-state index contributed by atoms with van der Waals surface area (Å²) in [7, 11) is 0. The lowest BCUT2D eigenvalue weighted by Gasteiger charge is -2.20. The molecule has 1 aromatic carbocycles. The number of benzene rings is 1. The van der Waals surface area contributed by atoms with Crippen molar-refractivity contribution < 1.29 is 23.5 Å². The van der Waals surface area contributed by atoms with Crippen LogP contribution in [0.15, 0.2) is 55.0 Å². The Morgan fingerprint density at radius 2 is 1.95 bits per heavy atom. The lowest BCUT2D eigenvalue weighted by molar-refractivity contribution is -0.130. The molecule has 0 saturated carbocycles. The van der Waals surface area contributed by atoms with Crippen molar-refractivity contribution in [3.63, 3.8) is 0 Å². The zero-order valence-electron chi connectivity index (χ0n) is 24.2. The smallest absolute Gasteiger partial charge is 0.407 e. The third kappa shape index (κ3) is 9.02. The lowest BCUT2D eigenvalue weighted by Crippen LogP contribution is -2.37. The third-order valence-electron chi connectivity index (χ3n) is 6.67. The maximum Gasteiger partial charge on any atom is 0.407 e. The summed E-state index contributed by atoms with van der Waals surface area (Å²) in [6.07, 6.45) is 6.41. The fourth-order valence-corrected chi connectivity index (χ4v) is 4.56. The van der Waals surface area contributed by atoms with Crippen molar-refractivity contribution in [1.29, 1.82) is 0 Å². The molecule has 2 aromatic heterocycles. The average Bonchev–Trinajstić information content (AvgIpc) is 3.55. The van der Waals surface area contributed by atoms with Crippen LogP contribution in [0.2, 0.25) is 0 Å². The van der Waals surface area contributed by atoms with Crippen LogP contribution in [0.3, 0.4) is 0 Å². The van der Waals surface area contributed by atoms with Gasteiger partial charge in [-0.3, -0.25) is 14.6 Å². The van der Waals surface area contributed by atoms with Crippen molar-refractivity contribution in [2.45, 2.75) is 45.6 Å². The molecule has 11 nitrogen and oxygen atoms in total. The van der Waals surface area contributed by atoms with Gasteiger partial charge < -0.3 is 25.7 Å². The van der Waals surface area contributed by atoms with Crippen LogP contribution < -0.4 is 16.1 Å². The Kier molecular flexibility index (Phi) is 10.1. The number of alkyl carbamates (subject to hydrolysis) is 1. The van der Waals surface area contributed by atoms with E-state index in [1.807, 2.05) is 6.07 Å². The molecule has 1 fully saturated rings. The van der Waals surface area contributed by atoms with Crippen LogP contribution in [0.4, 0.5) is 9.18 Å². The zero-order valence-corrected chi connectivity index (χ0v) is 24.2. The van der Waals surface area contributed by atoms with E-state index in [4.69, 9.17) is 4.74 Å². The molecular weight excluding hydrogens is 541 g/mol. The fourth-order valence-electron chi connectivity index (χ4n) is 4.56. The van der Waals surface area contributed by atoms with Gasteiger partial charge in [-0.15, -0.1) is 0 Å². The molecule has 1 aliphatic rings. The Bertz CT molecular complexity index is 1370. The first kappa shape index (κ1) is 30.5. The Labute approximate surface area is 244 Å². The van der Waals surface area contributed by atoms with Gasteiger partial charge in [-0.05, 0) is 69.9 Å². The van der Waals surface area contributed by atoms with E-state index < -0.39 is 11.7 Å².